The van der Waals surface area contributed by atoms with Crippen LogP contribution in [-0.4, -0.2) is 11.3 Å². The highest BCUT2D eigenvalue weighted by molar-refractivity contribution is 5.85. The summed E-state index contributed by atoms with van der Waals surface area (Å²) in [6.07, 6.45) is -4.65. The molecule has 0 aliphatic carbocycles. The molecule has 0 aliphatic heterocycles. The van der Waals surface area contributed by atoms with Crippen LogP contribution in [0.25, 0.3) is 0 Å². The van der Waals surface area contributed by atoms with Crippen molar-refractivity contribution in [1.29, 1.82) is 5.26 Å². The van der Waals surface area contributed by atoms with Crippen molar-refractivity contribution in [1.82, 2.24) is 0 Å². The predicted octanol–water partition coefficient (Wildman–Crippen LogP) is 2.25. The van der Waals surface area contributed by atoms with Crippen molar-refractivity contribution in [2.24, 2.45) is 5.73 Å². The molecule has 0 aromatic heterocycles. The molecule has 0 aliphatic rings. The van der Waals surface area contributed by atoms with Gasteiger partial charge >= 0.3 is 6.18 Å². The minimum atomic E-state index is -4.65. The smallest absolute Gasteiger partial charge is 0.407 e. The third kappa shape index (κ3) is 3.02. The topological polar surface area (TPSA) is 70.0 Å². The molecule has 1 aromatic rings. The Kier molecular flexibility index (Phi) is 4.60. The van der Waals surface area contributed by atoms with E-state index in [1.807, 2.05) is 0 Å². The van der Waals surface area contributed by atoms with Crippen molar-refractivity contribution in [3.63, 3.8) is 0 Å². The van der Waals surface area contributed by atoms with E-state index in [1.54, 1.807) is 6.07 Å². The van der Waals surface area contributed by atoms with Gasteiger partial charge in [0.25, 0.3) is 0 Å². The van der Waals surface area contributed by atoms with Crippen LogP contribution in [0.1, 0.15) is 17.2 Å². The van der Waals surface area contributed by atoms with Gasteiger partial charge in [-0.25, -0.2) is 0 Å². The standard InChI is InChI=1S/C9H7F3N2O.ClH/c10-9(11,12)8(14)6-3-5(4-13)1-2-7(6)15;/h1-3,8,15H,14H2;1H/t8-;/m1./s1. The van der Waals surface area contributed by atoms with E-state index in [0.29, 0.717) is 0 Å². The maximum atomic E-state index is 12.2. The number of aromatic hydroxyl groups is 1. The van der Waals surface area contributed by atoms with E-state index in [4.69, 9.17) is 11.0 Å². The Bertz CT molecular complexity index is 414. The Labute approximate surface area is 95.7 Å². The molecule has 88 valence electrons. The SMILES string of the molecule is Cl.N#Cc1ccc(O)c([C@@H](N)C(F)(F)F)c1. The van der Waals surface area contributed by atoms with E-state index in [1.165, 1.54) is 6.07 Å². The molecular formula is C9H8ClF3N2O. The molecule has 0 amide bonds. The van der Waals surface area contributed by atoms with Gasteiger partial charge in [0.05, 0.1) is 11.6 Å². The Hall–Kier alpha value is -1.45. The molecule has 0 saturated carbocycles. The molecule has 0 spiro atoms. The van der Waals surface area contributed by atoms with Gasteiger partial charge in [-0.3, -0.25) is 0 Å². The van der Waals surface area contributed by atoms with Crippen molar-refractivity contribution < 1.29 is 18.3 Å². The fraction of sp³-hybridized carbons (Fsp3) is 0.222. The van der Waals surface area contributed by atoms with Crippen LogP contribution in [0, 0.1) is 11.3 Å². The van der Waals surface area contributed by atoms with Gasteiger partial charge in [0.15, 0.2) is 0 Å². The second-order valence-electron chi connectivity index (χ2n) is 2.90. The average Bonchev–Trinajstić information content (AvgIpc) is 2.16. The van der Waals surface area contributed by atoms with Gasteiger partial charge in [0.2, 0.25) is 0 Å². The highest BCUT2D eigenvalue weighted by Crippen LogP contribution is 2.35. The molecule has 0 radical (unpaired) electrons. The summed E-state index contributed by atoms with van der Waals surface area (Å²) in [5.41, 5.74) is 4.42. The lowest BCUT2D eigenvalue weighted by Gasteiger charge is -2.16. The van der Waals surface area contributed by atoms with Crippen molar-refractivity contribution in [2.45, 2.75) is 12.2 Å². The fourth-order valence-electron chi connectivity index (χ4n) is 1.05. The molecule has 16 heavy (non-hydrogen) atoms. The Morgan fingerprint density at radius 2 is 1.94 bits per heavy atom. The summed E-state index contributed by atoms with van der Waals surface area (Å²) >= 11 is 0. The summed E-state index contributed by atoms with van der Waals surface area (Å²) < 4.78 is 36.7. The largest absolute Gasteiger partial charge is 0.508 e. The maximum absolute atomic E-state index is 12.2. The molecule has 0 saturated heterocycles. The monoisotopic (exact) mass is 252 g/mol. The molecule has 0 unspecified atom stereocenters. The minimum absolute atomic E-state index is 0. The van der Waals surface area contributed by atoms with Crippen LogP contribution in [0.3, 0.4) is 0 Å². The maximum Gasteiger partial charge on any atom is 0.407 e. The Balaban J connectivity index is 0.00000225. The van der Waals surface area contributed by atoms with Crippen molar-refractivity contribution in [3.05, 3.63) is 29.3 Å². The number of hydrogen-bond donors (Lipinski definition) is 2. The number of nitrogens with two attached hydrogens (primary N) is 1. The lowest BCUT2D eigenvalue weighted by molar-refractivity contribution is -0.149. The molecule has 0 bridgehead atoms. The van der Waals surface area contributed by atoms with E-state index in [2.05, 4.69) is 0 Å². The quantitative estimate of drug-likeness (QED) is 0.805. The number of rotatable bonds is 1. The molecule has 1 rings (SSSR count). The van der Waals surface area contributed by atoms with Gasteiger partial charge < -0.3 is 10.8 Å². The number of alkyl halides is 3. The fourth-order valence-corrected chi connectivity index (χ4v) is 1.05. The predicted molar refractivity (Wildman–Crippen MR) is 53.1 cm³/mol. The van der Waals surface area contributed by atoms with Crippen LogP contribution in [0.2, 0.25) is 0 Å². The van der Waals surface area contributed by atoms with E-state index in [9.17, 15) is 18.3 Å². The van der Waals surface area contributed by atoms with Crippen LogP contribution in [0.15, 0.2) is 18.2 Å². The number of nitriles is 1. The lowest BCUT2D eigenvalue weighted by atomic mass is 10.0. The number of halogens is 4. The van der Waals surface area contributed by atoms with Crippen LogP contribution >= 0.6 is 12.4 Å². The van der Waals surface area contributed by atoms with Gasteiger partial charge in [-0.2, -0.15) is 18.4 Å². The van der Waals surface area contributed by atoms with Gasteiger partial charge in [-0.05, 0) is 18.2 Å². The first-order chi connectivity index (χ1) is 6.86. The van der Waals surface area contributed by atoms with Gasteiger partial charge in [0.1, 0.15) is 11.8 Å². The van der Waals surface area contributed by atoms with Gasteiger partial charge in [0, 0.05) is 5.56 Å². The van der Waals surface area contributed by atoms with Crippen molar-refractivity contribution in [3.8, 4) is 11.8 Å². The zero-order valence-corrected chi connectivity index (χ0v) is 8.64. The average molecular weight is 253 g/mol. The molecule has 3 N–H and O–H groups in total. The molecule has 1 aromatic carbocycles. The minimum Gasteiger partial charge on any atom is -0.508 e. The second kappa shape index (κ2) is 5.05. The first-order valence-electron chi connectivity index (χ1n) is 3.91. The zero-order valence-electron chi connectivity index (χ0n) is 7.82. The number of hydrogen-bond acceptors (Lipinski definition) is 3. The van der Waals surface area contributed by atoms with E-state index in [0.717, 1.165) is 12.1 Å². The number of benzene rings is 1. The third-order valence-corrected chi connectivity index (χ3v) is 1.84. The molecule has 1 atom stereocenters. The molecule has 0 fully saturated rings. The summed E-state index contributed by atoms with van der Waals surface area (Å²) in [6.45, 7) is 0. The molecular weight excluding hydrogens is 245 g/mol. The highest BCUT2D eigenvalue weighted by atomic mass is 35.5. The van der Waals surface area contributed by atoms with Crippen LogP contribution in [0.5, 0.6) is 5.75 Å². The van der Waals surface area contributed by atoms with Crippen LogP contribution in [0.4, 0.5) is 13.2 Å². The van der Waals surface area contributed by atoms with Crippen LogP contribution < -0.4 is 5.73 Å². The lowest BCUT2D eigenvalue weighted by Crippen LogP contribution is -2.28. The Morgan fingerprint density at radius 3 is 2.38 bits per heavy atom. The zero-order chi connectivity index (χ0) is 11.6. The second-order valence-corrected chi connectivity index (χ2v) is 2.90. The van der Waals surface area contributed by atoms with Gasteiger partial charge in [-0.15, -0.1) is 12.4 Å². The third-order valence-electron chi connectivity index (χ3n) is 1.84. The first kappa shape index (κ1) is 14.6. The normalized spacial score (nSPS) is 12.4. The van der Waals surface area contributed by atoms with Crippen molar-refractivity contribution in [2.75, 3.05) is 0 Å². The van der Waals surface area contributed by atoms with E-state index >= 15 is 0 Å². The van der Waals surface area contributed by atoms with E-state index < -0.39 is 23.5 Å². The van der Waals surface area contributed by atoms with Crippen molar-refractivity contribution >= 4 is 12.4 Å². The van der Waals surface area contributed by atoms with Gasteiger partial charge in [-0.1, -0.05) is 0 Å². The summed E-state index contributed by atoms with van der Waals surface area (Å²) in [7, 11) is 0. The van der Waals surface area contributed by atoms with E-state index in [-0.39, 0.29) is 18.0 Å². The molecule has 0 heterocycles. The first-order valence-corrected chi connectivity index (χ1v) is 3.91. The number of phenols is 1. The molecule has 3 nitrogen and oxygen atoms in total. The Morgan fingerprint density at radius 1 is 1.38 bits per heavy atom. The van der Waals surface area contributed by atoms with Crippen LogP contribution in [-0.2, 0) is 0 Å². The summed E-state index contributed by atoms with van der Waals surface area (Å²) in [6, 6.07) is 2.53. The number of nitrogens with zero attached hydrogens (tertiary/aromatic N) is 1. The summed E-state index contributed by atoms with van der Waals surface area (Å²) in [5, 5.41) is 17.7. The highest BCUT2D eigenvalue weighted by Gasteiger charge is 2.39. The summed E-state index contributed by atoms with van der Waals surface area (Å²) in [4.78, 5) is 0. The number of phenolic OH excluding ortho intramolecular Hbond substituents is 1. The summed E-state index contributed by atoms with van der Waals surface area (Å²) in [5.74, 6) is -0.571. The molecule has 7 heteroatoms.